The molecule has 0 aliphatic heterocycles. The van der Waals surface area contributed by atoms with Gasteiger partial charge in [0.15, 0.2) is 5.58 Å². The third kappa shape index (κ3) is 4.98. The Morgan fingerprint density at radius 2 is 0.852 bits per heavy atom. The molecule has 0 aliphatic carbocycles. The fraction of sp³-hybridized carbons (Fsp3) is 0. The molecule has 8 aromatic carbocycles. The van der Waals surface area contributed by atoms with Crippen LogP contribution >= 0.6 is 0 Å². The first-order valence-electron chi connectivity index (χ1n) is 18.0. The predicted octanol–water partition coefficient (Wildman–Crippen LogP) is 14.1. The summed E-state index contributed by atoms with van der Waals surface area (Å²) in [5, 5.41) is 4.14. The van der Waals surface area contributed by atoms with Gasteiger partial charge in [-0.05, 0) is 95.1 Å². The van der Waals surface area contributed by atoms with Crippen LogP contribution in [0.4, 0.5) is 17.1 Å². The summed E-state index contributed by atoms with van der Waals surface area (Å²) in [4.78, 5) is 7.15. The van der Waals surface area contributed by atoms with Gasteiger partial charge in [0, 0.05) is 50.2 Å². The summed E-state index contributed by atoms with van der Waals surface area (Å²) in [5.74, 6) is 0.589. The fourth-order valence-corrected chi connectivity index (χ4v) is 7.72. The molecule has 54 heavy (non-hydrogen) atoms. The Kier molecular flexibility index (Phi) is 6.79. The van der Waals surface area contributed by atoms with E-state index in [4.69, 9.17) is 18.2 Å². The van der Waals surface area contributed by atoms with Crippen LogP contribution in [0.3, 0.4) is 0 Å². The van der Waals surface area contributed by atoms with Crippen molar-refractivity contribution in [1.82, 2.24) is 4.98 Å². The SMILES string of the molecule is c1ccc(-c2nc3cc4c(cc3o2)oc2ccc(N(c3ccc(-c5ccccc5-c5ccccc5)cc3)c3ccc5oc6ccccc6c5c3)cc24)cc1. The Morgan fingerprint density at radius 3 is 1.56 bits per heavy atom. The molecule has 0 unspecified atom stereocenters. The van der Waals surface area contributed by atoms with Gasteiger partial charge >= 0.3 is 0 Å². The highest BCUT2D eigenvalue weighted by atomic mass is 16.4. The Hall–Kier alpha value is -7.37. The van der Waals surface area contributed by atoms with E-state index in [0.29, 0.717) is 11.5 Å². The highest BCUT2D eigenvalue weighted by molar-refractivity contribution is 6.11. The van der Waals surface area contributed by atoms with Crippen molar-refractivity contribution in [2.75, 3.05) is 4.90 Å². The number of hydrogen-bond acceptors (Lipinski definition) is 5. The first kappa shape index (κ1) is 30.3. The lowest BCUT2D eigenvalue weighted by molar-refractivity contribution is 0.617. The third-order valence-corrected chi connectivity index (χ3v) is 10.3. The van der Waals surface area contributed by atoms with Gasteiger partial charge in [0.2, 0.25) is 5.89 Å². The van der Waals surface area contributed by atoms with E-state index in [2.05, 4.69) is 138 Å². The Bertz CT molecular complexity index is 3160. The monoisotopic (exact) mass is 694 g/mol. The molecule has 0 radical (unpaired) electrons. The van der Waals surface area contributed by atoms with Crippen LogP contribution in [0.15, 0.2) is 195 Å². The van der Waals surface area contributed by atoms with Crippen molar-refractivity contribution < 1.29 is 13.3 Å². The van der Waals surface area contributed by atoms with E-state index in [0.717, 1.165) is 77.6 Å². The highest BCUT2D eigenvalue weighted by Crippen LogP contribution is 2.43. The first-order chi connectivity index (χ1) is 26.7. The summed E-state index contributed by atoms with van der Waals surface area (Å²) in [6, 6.07) is 63.0. The molecule has 0 N–H and O–H groups in total. The van der Waals surface area contributed by atoms with Gasteiger partial charge in [0.1, 0.15) is 27.8 Å². The largest absolute Gasteiger partial charge is 0.456 e. The highest BCUT2D eigenvalue weighted by Gasteiger charge is 2.19. The zero-order valence-corrected chi connectivity index (χ0v) is 28.9. The Labute approximate surface area is 309 Å². The maximum absolute atomic E-state index is 6.41. The van der Waals surface area contributed by atoms with Gasteiger partial charge in [-0.2, -0.15) is 0 Å². The summed E-state index contributed by atoms with van der Waals surface area (Å²) in [7, 11) is 0. The van der Waals surface area contributed by atoms with Gasteiger partial charge in [-0.25, -0.2) is 4.98 Å². The lowest BCUT2D eigenvalue weighted by atomic mass is 9.94. The third-order valence-electron chi connectivity index (χ3n) is 10.3. The van der Waals surface area contributed by atoms with Crippen LogP contribution in [0.2, 0.25) is 0 Å². The molecule has 0 atom stereocenters. The number of oxazole rings is 1. The average molecular weight is 695 g/mol. The number of furan rings is 2. The van der Waals surface area contributed by atoms with E-state index in [9.17, 15) is 0 Å². The maximum Gasteiger partial charge on any atom is 0.227 e. The summed E-state index contributed by atoms with van der Waals surface area (Å²) < 4.78 is 18.8. The molecule has 5 nitrogen and oxygen atoms in total. The smallest absolute Gasteiger partial charge is 0.227 e. The predicted molar refractivity (Wildman–Crippen MR) is 220 cm³/mol. The molecule has 3 aromatic heterocycles. The molecule has 3 heterocycles. The van der Waals surface area contributed by atoms with Crippen molar-refractivity contribution in [3.8, 4) is 33.7 Å². The summed E-state index contributed by atoms with van der Waals surface area (Å²) in [6.45, 7) is 0. The molecule has 0 spiro atoms. The molecular weight excluding hydrogens is 665 g/mol. The van der Waals surface area contributed by atoms with E-state index in [1.54, 1.807) is 0 Å². The van der Waals surface area contributed by atoms with Crippen molar-refractivity contribution in [3.05, 3.63) is 182 Å². The number of hydrogen-bond donors (Lipinski definition) is 0. The van der Waals surface area contributed by atoms with Gasteiger partial charge in [-0.1, -0.05) is 103 Å². The van der Waals surface area contributed by atoms with E-state index < -0.39 is 0 Å². The Morgan fingerprint density at radius 1 is 0.333 bits per heavy atom. The molecule has 0 saturated heterocycles. The van der Waals surface area contributed by atoms with Crippen LogP contribution in [0.1, 0.15) is 0 Å². The van der Waals surface area contributed by atoms with E-state index in [1.807, 2.05) is 48.5 Å². The topological polar surface area (TPSA) is 55.6 Å². The zero-order valence-electron chi connectivity index (χ0n) is 28.9. The first-order valence-corrected chi connectivity index (χ1v) is 18.0. The van der Waals surface area contributed by atoms with Gasteiger partial charge in [-0.3, -0.25) is 0 Å². The van der Waals surface area contributed by atoms with Gasteiger partial charge in [0.05, 0.1) is 0 Å². The second-order valence-corrected chi connectivity index (χ2v) is 13.6. The molecule has 11 rings (SSSR count). The minimum atomic E-state index is 0.589. The van der Waals surface area contributed by atoms with Gasteiger partial charge in [-0.15, -0.1) is 0 Å². The molecule has 0 fully saturated rings. The van der Waals surface area contributed by atoms with Crippen molar-refractivity contribution >= 4 is 72.0 Å². The van der Waals surface area contributed by atoms with Crippen molar-refractivity contribution in [1.29, 1.82) is 0 Å². The molecule has 254 valence electrons. The molecule has 0 saturated carbocycles. The fourth-order valence-electron chi connectivity index (χ4n) is 7.72. The van der Waals surface area contributed by atoms with Gasteiger partial charge in [0.25, 0.3) is 0 Å². The second-order valence-electron chi connectivity index (χ2n) is 13.6. The molecular formula is C49H30N2O3. The second kappa shape index (κ2) is 12.1. The van der Waals surface area contributed by atoms with Gasteiger partial charge < -0.3 is 18.2 Å². The van der Waals surface area contributed by atoms with Crippen LogP contribution in [-0.4, -0.2) is 4.98 Å². The lowest BCUT2D eigenvalue weighted by Gasteiger charge is -2.26. The van der Waals surface area contributed by atoms with E-state index in [-0.39, 0.29) is 0 Å². The minimum absolute atomic E-state index is 0.589. The average Bonchev–Trinajstić information content (AvgIpc) is 3.93. The van der Waals surface area contributed by atoms with Crippen molar-refractivity contribution in [2.24, 2.45) is 0 Å². The molecule has 0 bridgehead atoms. The van der Waals surface area contributed by atoms with Crippen molar-refractivity contribution in [2.45, 2.75) is 0 Å². The number of aromatic nitrogens is 1. The van der Waals surface area contributed by atoms with Crippen LogP contribution < -0.4 is 4.90 Å². The molecule has 5 heteroatoms. The number of para-hydroxylation sites is 1. The van der Waals surface area contributed by atoms with E-state index in [1.165, 1.54) is 16.7 Å². The molecule has 11 aromatic rings. The summed E-state index contributed by atoms with van der Waals surface area (Å²) >= 11 is 0. The lowest BCUT2D eigenvalue weighted by Crippen LogP contribution is -2.09. The summed E-state index contributed by atoms with van der Waals surface area (Å²) in [6.07, 6.45) is 0. The van der Waals surface area contributed by atoms with Crippen LogP contribution in [0.5, 0.6) is 0 Å². The van der Waals surface area contributed by atoms with Crippen LogP contribution in [0.25, 0.3) is 88.7 Å². The maximum atomic E-state index is 6.41. The quantitative estimate of drug-likeness (QED) is 0.173. The Balaban J connectivity index is 1.07. The number of benzene rings is 8. The van der Waals surface area contributed by atoms with Crippen LogP contribution in [-0.2, 0) is 0 Å². The number of anilines is 3. The molecule has 0 aliphatic rings. The summed E-state index contributed by atoms with van der Waals surface area (Å²) in [5.41, 5.74) is 13.5. The number of nitrogens with zero attached hydrogens (tertiary/aromatic N) is 2. The molecule has 0 amide bonds. The zero-order chi connectivity index (χ0) is 35.6. The number of rotatable bonds is 6. The standard InChI is InChI=1S/C49H30N2O3/c1-3-11-31(12-4-1)37-15-7-8-16-38(37)32-19-21-34(22-20-32)51(35-23-25-45-40(27-35)39-17-9-10-18-44(39)52-45)36-24-26-46-41(28-36)42-29-43-48(30-47(42)53-46)54-49(50-43)33-13-5-2-6-14-33/h1-30H. The minimum Gasteiger partial charge on any atom is -0.456 e. The normalized spacial score (nSPS) is 11.7. The number of fused-ring (bicyclic) bond motifs is 7. The van der Waals surface area contributed by atoms with Crippen LogP contribution in [0, 0.1) is 0 Å². The van der Waals surface area contributed by atoms with Crippen molar-refractivity contribution in [3.63, 3.8) is 0 Å². The van der Waals surface area contributed by atoms with E-state index >= 15 is 0 Å².